The van der Waals surface area contributed by atoms with Crippen LogP contribution in [0.1, 0.15) is 32.4 Å². The summed E-state index contributed by atoms with van der Waals surface area (Å²) in [5.41, 5.74) is 1.24. The lowest BCUT2D eigenvalue weighted by atomic mass is 10.0. The van der Waals surface area contributed by atoms with Gasteiger partial charge in [-0.15, -0.1) is 35.3 Å². The van der Waals surface area contributed by atoms with Gasteiger partial charge in [0.25, 0.3) is 0 Å². The monoisotopic (exact) mass is 522 g/mol. The van der Waals surface area contributed by atoms with E-state index in [-0.39, 0.29) is 29.5 Å². The summed E-state index contributed by atoms with van der Waals surface area (Å²) in [4.78, 5) is 14.0. The lowest BCUT2D eigenvalue weighted by molar-refractivity contribution is -0.00833. The molecule has 0 bridgehead atoms. The van der Waals surface area contributed by atoms with E-state index in [1.165, 1.54) is 23.7 Å². The Hall–Kier alpha value is -0.650. The van der Waals surface area contributed by atoms with E-state index in [1.807, 2.05) is 7.05 Å². The zero-order valence-corrected chi connectivity index (χ0v) is 20.5. The third-order valence-electron chi connectivity index (χ3n) is 5.37. The van der Waals surface area contributed by atoms with Gasteiger partial charge < -0.3 is 20.3 Å². The molecular formula is C19H35IN6OS. The Morgan fingerprint density at radius 2 is 1.93 bits per heavy atom. The van der Waals surface area contributed by atoms with Crippen molar-refractivity contribution in [2.45, 2.75) is 38.6 Å². The molecule has 0 amide bonds. The van der Waals surface area contributed by atoms with Gasteiger partial charge >= 0.3 is 0 Å². The Kier molecular flexibility index (Phi) is 9.72. The van der Waals surface area contributed by atoms with Crippen LogP contribution in [0.25, 0.3) is 0 Å². The Labute approximate surface area is 190 Å². The first kappa shape index (κ1) is 23.6. The first-order valence-electron chi connectivity index (χ1n) is 10.1. The zero-order valence-electron chi connectivity index (χ0n) is 17.4. The Morgan fingerprint density at radius 1 is 1.21 bits per heavy atom. The minimum Gasteiger partial charge on any atom is -0.379 e. The molecular weight excluding hydrogens is 487 g/mol. The number of aliphatic imine (C=N–C) groups is 1. The fourth-order valence-electron chi connectivity index (χ4n) is 3.57. The molecule has 0 radical (unpaired) electrons. The van der Waals surface area contributed by atoms with Crippen LogP contribution in [0.3, 0.4) is 0 Å². The molecule has 2 aliphatic rings. The molecule has 3 rings (SSSR count). The van der Waals surface area contributed by atoms with Crippen LogP contribution < -0.4 is 15.5 Å². The molecule has 1 aromatic rings. The molecule has 0 atom stereocenters. The standard InChI is InChI=1S/C19H34N6OS.HI/c1-19(2,25-10-12-26-13-11-25)15-22-17(20-3)21-7-6-16-14-27-18(23-16)24-8-4-5-9-24;/h14H,4-13,15H2,1-3H3,(H2,20,21,22);1H. The smallest absolute Gasteiger partial charge is 0.191 e. The first-order chi connectivity index (χ1) is 13.1. The molecule has 0 aromatic carbocycles. The maximum Gasteiger partial charge on any atom is 0.191 e. The second-order valence-electron chi connectivity index (χ2n) is 7.83. The van der Waals surface area contributed by atoms with Crippen molar-refractivity contribution in [3.63, 3.8) is 0 Å². The average molecular weight is 523 g/mol. The van der Waals surface area contributed by atoms with Gasteiger partial charge in [0.05, 0.1) is 18.9 Å². The predicted octanol–water partition coefficient (Wildman–Crippen LogP) is 2.18. The van der Waals surface area contributed by atoms with E-state index in [4.69, 9.17) is 9.72 Å². The third-order valence-corrected chi connectivity index (χ3v) is 6.32. The van der Waals surface area contributed by atoms with Crippen molar-refractivity contribution >= 4 is 46.4 Å². The average Bonchev–Trinajstić information content (AvgIpc) is 3.37. The summed E-state index contributed by atoms with van der Waals surface area (Å²) in [6, 6.07) is 0. The van der Waals surface area contributed by atoms with Crippen LogP contribution >= 0.6 is 35.3 Å². The number of nitrogens with one attached hydrogen (secondary N) is 2. The van der Waals surface area contributed by atoms with Crippen LogP contribution in [0, 0.1) is 0 Å². The number of hydrogen-bond donors (Lipinski definition) is 2. The SMILES string of the molecule is CN=C(NCCc1csc(N2CCCC2)n1)NCC(C)(C)N1CCOCC1.I. The topological polar surface area (TPSA) is 65.0 Å². The minimum atomic E-state index is 0. The fraction of sp³-hybridized carbons (Fsp3) is 0.789. The van der Waals surface area contributed by atoms with E-state index in [2.05, 4.69) is 44.7 Å². The number of ether oxygens (including phenoxy) is 1. The van der Waals surface area contributed by atoms with E-state index in [1.54, 1.807) is 11.3 Å². The van der Waals surface area contributed by atoms with Gasteiger partial charge in [-0.05, 0) is 26.7 Å². The number of morpholine rings is 1. The van der Waals surface area contributed by atoms with Crippen LogP contribution in [0.4, 0.5) is 5.13 Å². The number of nitrogens with zero attached hydrogens (tertiary/aromatic N) is 4. The summed E-state index contributed by atoms with van der Waals surface area (Å²) in [5.74, 6) is 0.853. The Bertz CT molecular complexity index is 611. The lowest BCUT2D eigenvalue weighted by Crippen LogP contribution is -2.56. The van der Waals surface area contributed by atoms with Crippen molar-refractivity contribution in [3.8, 4) is 0 Å². The van der Waals surface area contributed by atoms with Gasteiger partial charge in [-0.1, -0.05) is 0 Å². The number of rotatable bonds is 7. The first-order valence-corrected chi connectivity index (χ1v) is 10.9. The number of thiazole rings is 1. The summed E-state index contributed by atoms with van der Waals surface area (Å²) >= 11 is 1.77. The highest BCUT2D eigenvalue weighted by atomic mass is 127. The highest BCUT2D eigenvalue weighted by Crippen LogP contribution is 2.24. The van der Waals surface area contributed by atoms with Gasteiger partial charge in [0.1, 0.15) is 0 Å². The van der Waals surface area contributed by atoms with Crippen LogP contribution in [0.15, 0.2) is 10.4 Å². The van der Waals surface area contributed by atoms with Gasteiger partial charge in [0.2, 0.25) is 0 Å². The molecule has 0 unspecified atom stereocenters. The summed E-state index contributed by atoms with van der Waals surface area (Å²) < 4.78 is 5.46. The van der Waals surface area contributed by atoms with Gasteiger partial charge in [0, 0.05) is 63.7 Å². The summed E-state index contributed by atoms with van der Waals surface area (Å²) in [6.07, 6.45) is 3.50. The predicted molar refractivity (Wildman–Crippen MR) is 129 cm³/mol. The molecule has 9 heteroatoms. The maximum atomic E-state index is 5.46. The van der Waals surface area contributed by atoms with Crippen molar-refractivity contribution in [3.05, 3.63) is 11.1 Å². The molecule has 2 fully saturated rings. The normalized spacial score (nSPS) is 18.8. The molecule has 0 saturated carbocycles. The van der Waals surface area contributed by atoms with Crippen LogP contribution in [-0.4, -0.2) is 80.9 Å². The van der Waals surface area contributed by atoms with Crippen molar-refractivity contribution in [1.82, 2.24) is 20.5 Å². The zero-order chi connectivity index (χ0) is 19.1. The largest absolute Gasteiger partial charge is 0.379 e. The number of hydrogen-bond acceptors (Lipinski definition) is 6. The van der Waals surface area contributed by atoms with Crippen molar-refractivity contribution < 1.29 is 4.74 Å². The van der Waals surface area contributed by atoms with Gasteiger partial charge in [-0.25, -0.2) is 4.98 Å². The highest BCUT2D eigenvalue weighted by molar-refractivity contribution is 14.0. The van der Waals surface area contributed by atoms with E-state index >= 15 is 0 Å². The molecule has 28 heavy (non-hydrogen) atoms. The van der Waals surface area contributed by atoms with E-state index in [0.717, 1.165) is 64.9 Å². The molecule has 2 N–H and O–H groups in total. The quantitative estimate of drug-likeness (QED) is 0.325. The Balaban J connectivity index is 0.00000280. The fourth-order valence-corrected chi connectivity index (χ4v) is 4.49. The van der Waals surface area contributed by atoms with Crippen LogP contribution in [0.5, 0.6) is 0 Å². The van der Waals surface area contributed by atoms with Crippen molar-refractivity contribution in [2.75, 3.05) is 64.4 Å². The van der Waals surface area contributed by atoms with E-state index in [9.17, 15) is 0 Å². The van der Waals surface area contributed by atoms with Crippen molar-refractivity contribution in [2.24, 2.45) is 4.99 Å². The summed E-state index contributed by atoms with van der Waals surface area (Å²) in [6.45, 7) is 12.2. The van der Waals surface area contributed by atoms with Gasteiger partial charge in [0.15, 0.2) is 11.1 Å². The van der Waals surface area contributed by atoms with E-state index in [0.29, 0.717) is 0 Å². The molecule has 2 saturated heterocycles. The second kappa shape index (κ2) is 11.5. The molecule has 7 nitrogen and oxygen atoms in total. The number of anilines is 1. The number of aromatic nitrogens is 1. The number of guanidine groups is 1. The molecule has 0 aliphatic carbocycles. The van der Waals surface area contributed by atoms with Gasteiger partial charge in [-0.3, -0.25) is 9.89 Å². The minimum absolute atomic E-state index is 0. The second-order valence-corrected chi connectivity index (χ2v) is 8.67. The third kappa shape index (κ3) is 6.70. The molecule has 1 aromatic heterocycles. The molecule has 3 heterocycles. The molecule has 0 spiro atoms. The van der Waals surface area contributed by atoms with Gasteiger partial charge in [-0.2, -0.15) is 0 Å². The van der Waals surface area contributed by atoms with Crippen LogP contribution in [-0.2, 0) is 11.2 Å². The van der Waals surface area contributed by atoms with Crippen molar-refractivity contribution in [1.29, 1.82) is 0 Å². The maximum absolute atomic E-state index is 5.46. The molecule has 2 aliphatic heterocycles. The lowest BCUT2D eigenvalue weighted by Gasteiger charge is -2.41. The van der Waals surface area contributed by atoms with E-state index < -0.39 is 0 Å². The highest BCUT2D eigenvalue weighted by Gasteiger charge is 2.28. The van der Waals surface area contributed by atoms with Crippen LogP contribution in [0.2, 0.25) is 0 Å². The summed E-state index contributed by atoms with van der Waals surface area (Å²) in [7, 11) is 1.82. The summed E-state index contributed by atoms with van der Waals surface area (Å²) in [5, 5.41) is 10.3. The Morgan fingerprint density at radius 3 is 2.61 bits per heavy atom. The molecule has 160 valence electrons. The number of halogens is 1.